The number of nitrogens with zero attached hydrogens (tertiary/aromatic N) is 1. The predicted molar refractivity (Wildman–Crippen MR) is 138 cm³/mol. The van der Waals surface area contributed by atoms with Gasteiger partial charge in [0.25, 0.3) is 5.91 Å². The molecule has 1 unspecified atom stereocenters. The number of halogens is 2. The minimum Gasteiger partial charge on any atom is -0.481 e. The molecule has 7 nitrogen and oxygen atoms in total. The third-order valence-corrected chi connectivity index (χ3v) is 9.55. The third-order valence-electron chi connectivity index (χ3n) is 6.82. The molecule has 2 aliphatic rings. The number of ether oxygens (including phenoxy) is 1. The van der Waals surface area contributed by atoms with Crippen molar-refractivity contribution < 1.29 is 27.9 Å². The molecule has 2 fully saturated rings. The summed E-state index contributed by atoms with van der Waals surface area (Å²) < 4.78 is 32.3. The van der Waals surface area contributed by atoms with Crippen LogP contribution < -0.4 is 0 Å². The van der Waals surface area contributed by atoms with E-state index in [4.69, 9.17) is 27.9 Å². The highest BCUT2D eigenvalue weighted by atomic mass is 35.5. The van der Waals surface area contributed by atoms with Crippen molar-refractivity contribution in [1.29, 1.82) is 0 Å². The number of hydrogen-bond donors (Lipinski definition) is 1. The second kappa shape index (κ2) is 10.7. The molecule has 0 radical (unpaired) electrons. The first-order valence-electron chi connectivity index (χ1n) is 11.9. The van der Waals surface area contributed by atoms with Crippen molar-refractivity contribution >= 4 is 44.9 Å². The monoisotopic (exact) mass is 553 g/mol. The second-order valence-electron chi connectivity index (χ2n) is 9.72. The van der Waals surface area contributed by atoms with Crippen molar-refractivity contribution in [3.8, 4) is 0 Å². The first-order valence-corrected chi connectivity index (χ1v) is 14.4. The Kier molecular flexibility index (Phi) is 8.00. The maximum Gasteiger partial charge on any atom is 0.306 e. The van der Waals surface area contributed by atoms with Crippen LogP contribution in [0.15, 0.2) is 48.5 Å². The number of carboxylic acid groups (broad SMARTS) is 1. The Labute approximate surface area is 221 Å². The van der Waals surface area contributed by atoms with Crippen LogP contribution in [0, 0.1) is 5.92 Å². The summed E-state index contributed by atoms with van der Waals surface area (Å²) in [5.74, 6) is -1.90. The van der Waals surface area contributed by atoms with E-state index in [1.807, 2.05) is 6.07 Å². The van der Waals surface area contributed by atoms with E-state index in [0.717, 1.165) is 12.8 Å². The fourth-order valence-corrected chi connectivity index (χ4v) is 6.34. The van der Waals surface area contributed by atoms with Gasteiger partial charge in [0.15, 0.2) is 9.84 Å². The molecule has 4 atom stereocenters. The number of amides is 1. The molecule has 10 heteroatoms. The Hall–Kier alpha value is -2.13. The van der Waals surface area contributed by atoms with Crippen molar-refractivity contribution in [3.63, 3.8) is 0 Å². The maximum atomic E-state index is 13.9. The van der Waals surface area contributed by atoms with E-state index in [-0.39, 0.29) is 11.7 Å². The minimum atomic E-state index is -3.51. The predicted octanol–water partition coefficient (Wildman–Crippen LogP) is 5.08. The standard InChI is InChI=1S/C26H29Cl2NO6S/c1-15(2)36(33,34)14-21(16-6-7-16)29-24(17-8-10-19(27)11-9-17)25(18-4-3-5-20(28)12-18)35-22(26(29)32)13-23(30)31/h3-5,8-12,15-16,21-22,24-25H,6-7,13-14H2,1-2H3,(H,30,31)/t21-,22+,24-,25?/m1/s1. The summed E-state index contributed by atoms with van der Waals surface area (Å²) in [7, 11) is -3.51. The number of sulfone groups is 1. The summed E-state index contributed by atoms with van der Waals surface area (Å²) in [4.78, 5) is 27.1. The average molecular weight is 554 g/mol. The molecule has 194 valence electrons. The van der Waals surface area contributed by atoms with E-state index in [1.165, 1.54) is 0 Å². The summed E-state index contributed by atoms with van der Waals surface area (Å²) in [5, 5.41) is 9.89. The summed E-state index contributed by atoms with van der Waals surface area (Å²) in [6, 6.07) is 12.7. The van der Waals surface area contributed by atoms with E-state index in [0.29, 0.717) is 21.2 Å². The van der Waals surface area contributed by atoms with Crippen LogP contribution in [0.3, 0.4) is 0 Å². The molecule has 1 aliphatic heterocycles. The molecule has 1 saturated carbocycles. The molecular weight excluding hydrogens is 525 g/mol. The number of benzene rings is 2. The summed E-state index contributed by atoms with van der Waals surface area (Å²) in [6.07, 6.45) is -0.981. The van der Waals surface area contributed by atoms with E-state index in [2.05, 4.69) is 0 Å². The summed E-state index contributed by atoms with van der Waals surface area (Å²) in [5.41, 5.74) is 1.37. The molecular formula is C26H29Cl2NO6S. The van der Waals surface area contributed by atoms with Gasteiger partial charge in [-0.25, -0.2) is 8.42 Å². The zero-order valence-electron chi connectivity index (χ0n) is 20.0. The largest absolute Gasteiger partial charge is 0.481 e. The fraction of sp³-hybridized carbons (Fsp3) is 0.462. The first kappa shape index (κ1) is 26.9. The Morgan fingerprint density at radius 1 is 1.08 bits per heavy atom. The van der Waals surface area contributed by atoms with Crippen LogP contribution in [0.25, 0.3) is 0 Å². The smallest absolute Gasteiger partial charge is 0.306 e. The summed E-state index contributed by atoms with van der Waals surface area (Å²) in [6.45, 7) is 3.25. The molecule has 1 saturated heterocycles. The van der Waals surface area contributed by atoms with E-state index in [9.17, 15) is 23.1 Å². The van der Waals surface area contributed by atoms with Crippen molar-refractivity contribution in [2.75, 3.05) is 5.75 Å². The Bertz CT molecular complexity index is 1230. The number of aliphatic carboxylic acids is 1. The van der Waals surface area contributed by atoms with E-state index in [1.54, 1.807) is 61.2 Å². The van der Waals surface area contributed by atoms with Gasteiger partial charge in [0, 0.05) is 16.1 Å². The van der Waals surface area contributed by atoms with Crippen molar-refractivity contribution in [1.82, 2.24) is 4.90 Å². The van der Waals surface area contributed by atoms with Gasteiger partial charge in [-0.15, -0.1) is 0 Å². The topological polar surface area (TPSA) is 101 Å². The number of hydrogen-bond acceptors (Lipinski definition) is 5. The fourth-order valence-electron chi connectivity index (χ4n) is 4.72. The first-order chi connectivity index (χ1) is 17.0. The lowest BCUT2D eigenvalue weighted by Crippen LogP contribution is -2.57. The van der Waals surface area contributed by atoms with Crippen LogP contribution in [-0.2, 0) is 24.2 Å². The highest BCUT2D eigenvalue weighted by Crippen LogP contribution is 2.48. The number of carboxylic acids is 1. The van der Waals surface area contributed by atoms with Crippen LogP contribution in [0.2, 0.25) is 10.0 Å². The van der Waals surface area contributed by atoms with Crippen LogP contribution in [0.5, 0.6) is 0 Å². The van der Waals surface area contributed by atoms with Gasteiger partial charge >= 0.3 is 5.97 Å². The van der Waals surface area contributed by atoms with Gasteiger partial charge < -0.3 is 14.7 Å². The van der Waals surface area contributed by atoms with Crippen LogP contribution >= 0.6 is 23.2 Å². The quantitative estimate of drug-likeness (QED) is 0.464. The van der Waals surface area contributed by atoms with Gasteiger partial charge in [0.1, 0.15) is 12.2 Å². The molecule has 2 aromatic carbocycles. The minimum absolute atomic E-state index is 0.000801. The maximum absolute atomic E-state index is 13.9. The van der Waals surface area contributed by atoms with Gasteiger partial charge in [-0.05, 0) is 68.0 Å². The van der Waals surface area contributed by atoms with Gasteiger partial charge in [0.05, 0.1) is 23.5 Å². The van der Waals surface area contributed by atoms with Crippen LogP contribution in [-0.4, -0.2) is 53.4 Å². The van der Waals surface area contributed by atoms with Gasteiger partial charge in [-0.3, -0.25) is 9.59 Å². The van der Waals surface area contributed by atoms with E-state index >= 15 is 0 Å². The molecule has 1 N–H and O–H groups in total. The number of carbonyl (C=O) groups excluding carboxylic acids is 1. The Morgan fingerprint density at radius 3 is 2.31 bits per heavy atom. The molecule has 4 rings (SSSR count). The van der Waals surface area contributed by atoms with Gasteiger partial charge in [0.2, 0.25) is 0 Å². The van der Waals surface area contributed by atoms with E-state index < -0.39 is 57.7 Å². The van der Waals surface area contributed by atoms with Crippen molar-refractivity contribution in [2.24, 2.45) is 5.92 Å². The lowest BCUT2D eigenvalue weighted by molar-refractivity contribution is -0.183. The molecule has 0 bridgehead atoms. The number of morpholine rings is 1. The molecule has 1 amide bonds. The van der Waals surface area contributed by atoms with Gasteiger partial charge in [-0.2, -0.15) is 0 Å². The Balaban J connectivity index is 1.89. The number of carbonyl (C=O) groups is 2. The molecule has 1 aliphatic carbocycles. The number of rotatable bonds is 9. The van der Waals surface area contributed by atoms with Gasteiger partial charge in [-0.1, -0.05) is 47.5 Å². The Morgan fingerprint density at radius 2 is 1.75 bits per heavy atom. The zero-order valence-corrected chi connectivity index (χ0v) is 22.3. The average Bonchev–Trinajstić information content (AvgIpc) is 3.64. The van der Waals surface area contributed by atoms with Crippen LogP contribution in [0.4, 0.5) is 0 Å². The van der Waals surface area contributed by atoms with Crippen molar-refractivity contribution in [3.05, 3.63) is 69.7 Å². The molecule has 1 heterocycles. The zero-order chi connectivity index (χ0) is 26.2. The molecule has 0 aromatic heterocycles. The molecule has 2 aromatic rings. The second-order valence-corrected chi connectivity index (χ2v) is 13.2. The molecule has 36 heavy (non-hydrogen) atoms. The van der Waals surface area contributed by atoms with Crippen LogP contribution in [0.1, 0.15) is 56.4 Å². The highest BCUT2D eigenvalue weighted by Gasteiger charge is 2.51. The van der Waals surface area contributed by atoms with Crippen molar-refractivity contribution in [2.45, 2.75) is 62.7 Å². The normalized spacial score (nSPS) is 23.6. The lowest BCUT2D eigenvalue weighted by Gasteiger charge is -2.48. The SMILES string of the molecule is CC(C)S(=O)(=O)C[C@H](C1CC1)N1C(=O)[C@H](CC(=O)O)OC(c2cccc(Cl)c2)[C@H]1c1ccc(Cl)cc1. The third kappa shape index (κ3) is 5.88. The highest BCUT2D eigenvalue weighted by molar-refractivity contribution is 7.92. The lowest BCUT2D eigenvalue weighted by atomic mass is 9.89. The summed E-state index contributed by atoms with van der Waals surface area (Å²) >= 11 is 12.4. The molecule has 0 spiro atoms.